The molecule has 2 aliphatic rings. The van der Waals surface area contributed by atoms with Gasteiger partial charge in [-0.3, -0.25) is 14.7 Å². The van der Waals surface area contributed by atoms with E-state index >= 15 is 0 Å². The second kappa shape index (κ2) is 3.25. The Kier molecular flexibility index (Phi) is 1.97. The van der Waals surface area contributed by atoms with E-state index in [9.17, 15) is 4.79 Å². The van der Waals surface area contributed by atoms with Gasteiger partial charge in [-0.05, 0) is 30.3 Å². The fourth-order valence-corrected chi connectivity index (χ4v) is 2.94. The van der Waals surface area contributed by atoms with Crippen LogP contribution in [-0.4, -0.2) is 29.0 Å². The molecule has 0 N–H and O–H groups in total. The average Bonchev–Trinajstić information content (AvgIpc) is 2.59. The van der Waals surface area contributed by atoms with Gasteiger partial charge in [-0.1, -0.05) is 12.1 Å². The van der Waals surface area contributed by atoms with E-state index in [1.165, 1.54) is 11.8 Å². The molecule has 2 aliphatic heterocycles. The molecule has 2 heterocycles. The summed E-state index contributed by atoms with van der Waals surface area (Å²) in [6.07, 6.45) is 0. The number of hydrogen-bond acceptors (Lipinski definition) is 5. The third-order valence-corrected chi connectivity index (χ3v) is 3.63. The first-order valence-corrected chi connectivity index (χ1v) is 5.87. The minimum Gasteiger partial charge on any atom is -0.298 e. The first kappa shape index (κ1) is 9.72. The van der Waals surface area contributed by atoms with Crippen LogP contribution in [0.4, 0.5) is 5.69 Å². The van der Waals surface area contributed by atoms with Crippen LogP contribution in [0, 0.1) is 6.92 Å². The number of benzene rings is 1. The predicted octanol–water partition coefficient (Wildman–Crippen LogP) is 1.86. The molecule has 0 amide bonds. The van der Waals surface area contributed by atoms with Crippen LogP contribution in [0.1, 0.15) is 15.9 Å². The van der Waals surface area contributed by atoms with Gasteiger partial charge < -0.3 is 0 Å². The number of para-hydroxylation sites is 1. The summed E-state index contributed by atoms with van der Waals surface area (Å²) in [5.41, 5.74) is 2.92. The summed E-state index contributed by atoms with van der Waals surface area (Å²) in [5.74, 6) is 0. The Balaban J connectivity index is 2.21. The topological polar surface area (TPSA) is 35.9 Å². The van der Waals surface area contributed by atoms with E-state index in [1.54, 1.807) is 0 Å². The first-order chi connectivity index (χ1) is 7.66. The maximum absolute atomic E-state index is 11.9. The van der Waals surface area contributed by atoms with Crippen LogP contribution in [0.15, 0.2) is 23.3 Å². The Morgan fingerprint density at radius 2 is 2.25 bits per heavy atom. The van der Waals surface area contributed by atoms with E-state index in [-0.39, 0.29) is 5.12 Å². The Hall–Kier alpha value is -1.49. The van der Waals surface area contributed by atoms with E-state index in [0.29, 0.717) is 6.67 Å². The predicted molar refractivity (Wildman–Crippen MR) is 65.6 cm³/mol. The van der Waals surface area contributed by atoms with Crippen molar-refractivity contribution in [3.8, 4) is 0 Å². The van der Waals surface area contributed by atoms with Crippen LogP contribution < -0.4 is 4.90 Å². The van der Waals surface area contributed by atoms with E-state index in [1.807, 2.05) is 37.2 Å². The zero-order valence-corrected chi connectivity index (χ0v) is 9.91. The average molecular weight is 233 g/mol. The lowest BCUT2D eigenvalue weighted by Gasteiger charge is -2.27. The van der Waals surface area contributed by atoms with Crippen molar-refractivity contribution in [2.24, 2.45) is 5.10 Å². The number of carbonyl (C=O) groups is 1. The van der Waals surface area contributed by atoms with Crippen LogP contribution >= 0.6 is 11.8 Å². The number of amidine groups is 1. The van der Waals surface area contributed by atoms with Gasteiger partial charge in [0.15, 0.2) is 5.17 Å². The SMILES string of the molecule is Cc1cccc2c1N1CN(C)N=C1SC2=O. The van der Waals surface area contributed by atoms with Gasteiger partial charge >= 0.3 is 0 Å². The lowest BCUT2D eigenvalue weighted by Crippen LogP contribution is -2.33. The molecule has 1 aromatic carbocycles. The number of rotatable bonds is 0. The molecule has 0 saturated carbocycles. The summed E-state index contributed by atoms with van der Waals surface area (Å²) in [4.78, 5) is 14.0. The lowest BCUT2D eigenvalue weighted by atomic mass is 10.1. The molecule has 1 aromatic rings. The highest BCUT2D eigenvalue weighted by molar-refractivity contribution is 8.27. The molecule has 16 heavy (non-hydrogen) atoms. The zero-order valence-electron chi connectivity index (χ0n) is 9.10. The summed E-state index contributed by atoms with van der Waals surface area (Å²) in [6.45, 7) is 2.74. The van der Waals surface area contributed by atoms with E-state index in [0.717, 1.165) is 22.0 Å². The molecule has 82 valence electrons. The summed E-state index contributed by atoms with van der Waals surface area (Å²) in [5, 5.41) is 7.04. The number of carbonyl (C=O) groups excluding carboxylic acids is 1. The van der Waals surface area contributed by atoms with Crippen molar-refractivity contribution in [1.82, 2.24) is 5.01 Å². The van der Waals surface area contributed by atoms with Crippen molar-refractivity contribution in [2.75, 3.05) is 18.6 Å². The van der Waals surface area contributed by atoms with Gasteiger partial charge in [0, 0.05) is 7.05 Å². The molecule has 5 heteroatoms. The quantitative estimate of drug-likeness (QED) is 0.685. The molecule has 0 saturated heterocycles. The highest BCUT2D eigenvalue weighted by Gasteiger charge is 2.34. The number of nitrogens with zero attached hydrogens (tertiary/aromatic N) is 3. The van der Waals surface area contributed by atoms with Crippen LogP contribution in [0.5, 0.6) is 0 Å². The first-order valence-electron chi connectivity index (χ1n) is 5.06. The molecule has 3 rings (SSSR count). The van der Waals surface area contributed by atoms with E-state index in [4.69, 9.17) is 0 Å². The van der Waals surface area contributed by atoms with E-state index in [2.05, 4.69) is 10.0 Å². The molecule has 0 radical (unpaired) electrons. The third-order valence-electron chi connectivity index (χ3n) is 2.74. The van der Waals surface area contributed by atoms with Crippen molar-refractivity contribution in [2.45, 2.75) is 6.92 Å². The number of fused-ring (bicyclic) bond motifs is 3. The molecule has 4 nitrogen and oxygen atoms in total. The molecular weight excluding hydrogens is 222 g/mol. The molecule has 0 unspecified atom stereocenters. The highest BCUT2D eigenvalue weighted by atomic mass is 32.2. The number of hydrazone groups is 1. The second-order valence-electron chi connectivity index (χ2n) is 3.97. The smallest absolute Gasteiger partial charge is 0.229 e. The summed E-state index contributed by atoms with van der Waals surface area (Å²) < 4.78 is 0. The Morgan fingerprint density at radius 1 is 1.44 bits per heavy atom. The second-order valence-corrected chi connectivity index (χ2v) is 4.91. The van der Waals surface area contributed by atoms with Gasteiger partial charge in [0.05, 0.1) is 11.3 Å². The largest absolute Gasteiger partial charge is 0.298 e. The standard InChI is InChI=1S/C11H11N3OS/c1-7-4-3-5-8-9(7)14-6-13(2)12-11(14)16-10(8)15/h3-5H,6H2,1-2H3. The van der Waals surface area contributed by atoms with Crippen LogP contribution in [0.3, 0.4) is 0 Å². The van der Waals surface area contributed by atoms with Gasteiger partial charge in [-0.25, -0.2) is 0 Å². The molecule has 0 fully saturated rings. The van der Waals surface area contributed by atoms with Gasteiger partial charge in [0.2, 0.25) is 5.12 Å². The van der Waals surface area contributed by atoms with E-state index < -0.39 is 0 Å². The minimum absolute atomic E-state index is 0.0870. The number of hydrogen-bond donors (Lipinski definition) is 0. The number of aryl methyl sites for hydroxylation is 1. The van der Waals surface area contributed by atoms with Crippen LogP contribution in [0.25, 0.3) is 0 Å². The fourth-order valence-electron chi connectivity index (χ4n) is 2.06. The Morgan fingerprint density at radius 3 is 3.06 bits per heavy atom. The Labute approximate surface area is 97.9 Å². The third kappa shape index (κ3) is 1.24. The lowest BCUT2D eigenvalue weighted by molar-refractivity contribution is 0.109. The molecule has 0 aromatic heterocycles. The molecule has 0 bridgehead atoms. The number of anilines is 1. The van der Waals surface area contributed by atoms with Gasteiger partial charge in [0.1, 0.15) is 6.67 Å². The molecular formula is C11H11N3OS. The highest BCUT2D eigenvalue weighted by Crippen LogP contribution is 2.37. The van der Waals surface area contributed by atoms with Gasteiger partial charge in [-0.15, -0.1) is 5.10 Å². The van der Waals surface area contributed by atoms with Gasteiger partial charge in [-0.2, -0.15) is 0 Å². The maximum atomic E-state index is 11.9. The summed E-state index contributed by atoms with van der Waals surface area (Å²) in [6, 6.07) is 5.83. The normalized spacial score (nSPS) is 18.4. The monoisotopic (exact) mass is 233 g/mol. The zero-order chi connectivity index (χ0) is 11.3. The van der Waals surface area contributed by atoms with Crippen molar-refractivity contribution >= 4 is 27.7 Å². The molecule has 0 aliphatic carbocycles. The number of thioether (sulfide) groups is 1. The van der Waals surface area contributed by atoms with Crippen molar-refractivity contribution < 1.29 is 4.79 Å². The Bertz CT molecular complexity index is 512. The molecule has 0 spiro atoms. The summed E-state index contributed by atoms with van der Waals surface area (Å²) >= 11 is 1.21. The fraction of sp³-hybridized carbons (Fsp3) is 0.273. The minimum atomic E-state index is 0.0870. The van der Waals surface area contributed by atoms with Crippen molar-refractivity contribution in [1.29, 1.82) is 0 Å². The maximum Gasteiger partial charge on any atom is 0.229 e. The van der Waals surface area contributed by atoms with Crippen LogP contribution in [-0.2, 0) is 0 Å². The molecule has 0 atom stereocenters. The van der Waals surface area contributed by atoms with Crippen molar-refractivity contribution in [3.05, 3.63) is 29.3 Å². The summed E-state index contributed by atoms with van der Waals surface area (Å²) in [7, 11) is 1.91. The van der Waals surface area contributed by atoms with Crippen LogP contribution in [0.2, 0.25) is 0 Å². The van der Waals surface area contributed by atoms with Crippen molar-refractivity contribution in [3.63, 3.8) is 0 Å². The van der Waals surface area contributed by atoms with Gasteiger partial charge in [0.25, 0.3) is 0 Å².